The van der Waals surface area contributed by atoms with Crippen LogP contribution in [0.2, 0.25) is 0 Å². The molecule has 2 heterocycles. The fourth-order valence-electron chi connectivity index (χ4n) is 8.03. The molecule has 282 valence electrons. The number of rotatable bonds is 20. The lowest BCUT2D eigenvalue weighted by Gasteiger charge is -2.41. The molecule has 2 amide bonds. The van der Waals surface area contributed by atoms with Crippen molar-refractivity contribution in [3.05, 3.63) is 36.5 Å². The molecule has 3 rings (SSSR count). The van der Waals surface area contributed by atoms with E-state index >= 15 is 4.39 Å². The molecule has 0 spiro atoms. The van der Waals surface area contributed by atoms with Crippen LogP contribution >= 0.6 is 0 Å². The van der Waals surface area contributed by atoms with Crippen molar-refractivity contribution in [2.75, 3.05) is 40.9 Å². The predicted molar refractivity (Wildman–Crippen MR) is 195 cm³/mol. The number of halogens is 1. The van der Waals surface area contributed by atoms with Gasteiger partial charge in [-0.25, -0.2) is 4.39 Å². The molecular formula is C40H64FN3O6. The van der Waals surface area contributed by atoms with E-state index in [1.165, 1.54) is 0 Å². The monoisotopic (exact) mass is 701 g/mol. The van der Waals surface area contributed by atoms with Crippen molar-refractivity contribution in [1.29, 1.82) is 0 Å². The van der Waals surface area contributed by atoms with Crippen LogP contribution in [0.4, 0.5) is 4.39 Å². The van der Waals surface area contributed by atoms with Crippen molar-refractivity contribution in [2.24, 2.45) is 29.6 Å². The van der Waals surface area contributed by atoms with Gasteiger partial charge in [0.25, 0.3) is 0 Å². The molecule has 0 radical (unpaired) electrons. The van der Waals surface area contributed by atoms with Crippen LogP contribution in [0.25, 0.3) is 0 Å². The zero-order valence-corrected chi connectivity index (χ0v) is 31.9. The van der Waals surface area contributed by atoms with Crippen LogP contribution in [0.1, 0.15) is 92.4 Å². The molecule has 8 atom stereocenters. The fourth-order valence-corrected chi connectivity index (χ4v) is 8.03. The number of carbonyl (C=O) groups excluding carboxylic acids is 4. The van der Waals surface area contributed by atoms with E-state index in [4.69, 9.17) is 9.47 Å². The number of allylic oxidation sites excluding steroid dienone is 6. The predicted octanol–water partition coefficient (Wildman–Crippen LogP) is 5.88. The fraction of sp³-hybridized carbons (Fsp3) is 0.750. The van der Waals surface area contributed by atoms with Crippen molar-refractivity contribution in [1.82, 2.24) is 15.1 Å². The Bertz CT molecular complexity index is 1210. The third kappa shape index (κ3) is 10.7. The van der Waals surface area contributed by atoms with Gasteiger partial charge in [0.1, 0.15) is 5.78 Å². The van der Waals surface area contributed by atoms with Crippen molar-refractivity contribution < 1.29 is 33.0 Å². The van der Waals surface area contributed by atoms with Crippen LogP contribution in [-0.2, 0) is 28.7 Å². The van der Waals surface area contributed by atoms with Gasteiger partial charge in [-0.1, -0.05) is 77.5 Å². The zero-order chi connectivity index (χ0) is 37.0. The van der Waals surface area contributed by atoms with Gasteiger partial charge < -0.3 is 24.6 Å². The van der Waals surface area contributed by atoms with Gasteiger partial charge in [0, 0.05) is 65.5 Å². The first-order valence-electron chi connectivity index (χ1n) is 18.9. The molecule has 3 aliphatic rings. The average molecular weight is 702 g/mol. The highest BCUT2D eigenvalue weighted by Gasteiger charge is 2.45. The van der Waals surface area contributed by atoms with E-state index in [9.17, 15) is 19.2 Å². The summed E-state index contributed by atoms with van der Waals surface area (Å²) in [7, 11) is 4.89. The molecule has 0 saturated carbocycles. The summed E-state index contributed by atoms with van der Waals surface area (Å²) in [6.07, 6.45) is 15.8. The second kappa shape index (κ2) is 19.8. The Kier molecular flexibility index (Phi) is 16.5. The van der Waals surface area contributed by atoms with Gasteiger partial charge in [-0.05, 0) is 50.0 Å². The van der Waals surface area contributed by atoms with Gasteiger partial charge >= 0.3 is 0 Å². The highest BCUT2D eigenvalue weighted by atomic mass is 19.1. The van der Waals surface area contributed by atoms with Crippen molar-refractivity contribution in [3.63, 3.8) is 0 Å². The highest BCUT2D eigenvalue weighted by molar-refractivity contribution is 5.92. The largest absolute Gasteiger partial charge is 0.379 e. The van der Waals surface area contributed by atoms with Crippen LogP contribution in [0.3, 0.4) is 0 Å². The van der Waals surface area contributed by atoms with E-state index in [-0.39, 0.29) is 67.2 Å². The summed E-state index contributed by atoms with van der Waals surface area (Å²) in [6.45, 7) is 10.7. The quantitative estimate of drug-likeness (QED) is 0.169. The Morgan fingerprint density at radius 1 is 1.02 bits per heavy atom. The topological polar surface area (TPSA) is 105 Å². The molecule has 0 aromatic heterocycles. The van der Waals surface area contributed by atoms with Crippen LogP contribution < -0.4 is 5.32 Å². The molecule has 10 heteroatoms. The number of nitrogens with zero attached hydrogens (tertiary/aromatic N) is 2. The number of likely N-dealkylation sites (tertiary alicyclic amines) is 1. The van der Waals surface area contributed by atoms with Gasteiger partial charge in [0.05, 0.1) is 30.7 Å². The number of likely N-dealkylation sites (N-methyl/N-ethyl adjacent to an activating group) is 1. The Hall–Kier alpha value is -2.69. The molecule has 8 unspecified atom stereocenters. The minimum Gasteiger partial charge on any atom is -0.379 e. The van der Waals surface area contributed by atoms with Crippen molar-refractivity contribution in [2.45, 2.75) is 122 Å². The summed E-state index contributed by atoms with van der Waals surface area (Å²) in [5, 5.41) is 2.92. The summed E-state index contributed by atoms with van der Waals surface area (Å²) in [5.74, 6) is -1.68. The molecule has 2 saturated heterocycles. The number of amides is 2. The Morgan fingerprint density at radius 3 is 2.26 bits per heavy atom. The molecule has 0 bridgehead atoms. The number of ether oxygens (including phenoxy) is 2. The molecule has 1 N–H and O–H groups in total. The van der Waals surface area contributed by atoms with E-state index in [1.807, 2.05) is 63.8 Å². The van der Waals surface area contributed by atoms with Crippen LogP contribution in [0.5, 0.6) is 0 Å². The number of alkyl halides is 1. The van der Waals surface area contributed by atoms with Gasteiger partial charge in [-0.3, -0.25) is 19.2 Å². The number of nitrogens with one attached hydrogen (secondary N) is 1. The van der Waals surface area contributed by atoms with E-state index < -0.39 is 35.6 Å². The van der Waals surface area contributed by atoms with Crippen molar-refractivity contribution >= 4 is 23.4 Å². The molecule has 9 nitrogen and oxygen atoms in total. The number of ketones is 2. The van der Waals surface area contributed by atoms with E-state index in [0.29, 0.717) is 25.4 Å². The molecule has 0 aromatic carbocycles. The highest BCUT2D eigenvalue weighted by Crippen LogP contribution is 2.32. The smallest absolute Gasteiger partial charge is 0.226 e. The minimum atomic E-state index is -1.94. The SMILES string of the molecule is CCC(C)C(C(CC(=O)N1CCCC1C(OC)C(C)C(=O)CCCC1C=CC=CC=C1)OC)N(C)C(=O)C(CC(=O)C1(F)CCNC1)C(C)C. The van der Waals surface area contributed by atoms with Gasteiger partial charge in [0.15, 0.2) is 11.5 Å². The first-order chi connectivity index (χ1) is 23.8. The first kappa shape index (κ1) is 41.7. The third-order valence-electron chi connectivity index (χ3n) is 11.5. The van der Waals surface area contributed by atoms with E-state index in [2.05, 4.69) is 17.5 Å². The lowest BCUT2D eigenvalue weighted by Crippen LogP contribution is -2.54. The maximum absolute atomic E-state index is 15.3. The molecule has 50 heavy (non-hydrogen) atoms. The lowest BCUT2D eigenvalue weighted by atomic mass is 9.83. The Morgan fingerprint density at radius 2 is 1.70 bits per heavy atom. The molecular weight excluding hydrogens is 637 g/mol. The van der Waals surface area contributed by atoms with Gasteiger partial charge in [-0.15, -0.1) is 0 Å². The number of methoxy groups -OCH3 is 2. The number of Topliss-reactive ketones (excluding diaryl/α,β-unsaturated/α-hetero) is 2. The number of carbonyl (C=O) groups is 4. The second-order valence-corrected chi connectivity index (χ2v) is 15.1. The van der Waals surface area contributed by atoms with E-state index in [0.717, 1.165) is 32.1 Å². The summed E-state index contributed by atoms with van der Waals surface area (Å²) in [5.41, 5.74) is -1.94. The number of hydrogen-bond donors (Lipinski definition) is 1. The Balaban J connectivity index is 1.70. The zero-order valence-electron chi connectivity index (χ0n) is 31.9. The van der Waals surface area contributed by atoms with Crippen molar-refractivity contribution in [3.8, 4) is 0 Å². The summed E-state index contributed by atoms with van der Waals surface area (Å²) < 4.78 is 27.3. The maximum Gasteiger partial charge on any atom is 0.226 e. The summed E-state index contributed by atoms with van der Waals surface area (Å²) in [6, 6.07) is -0.683. The lowest BCUT2D eigenvalue weighted by molar-refractivity contribution is -0.149. The van der Waals surface area contributed by atoms with Crippen LogP contribution in [0.15, 0.2) is 36.5 Å². The average Bonchev–Trinajstić information content (AvgIpc) is 3.69. The number of hydrogen-bond acceptors (Lipinski definition) is 7. The van der Waals surface area contributed by atoms with Gasteiger partial charge in [-0.2, -0.15) is 0 Å². The minimum absolute atomic E-state index is 0.0178. The third-order valence-corrected chi connectivity index (χ3v) is 11.5. The normalized spacial score (nSPS) is 24.5. The first-order valence-corrected chi connectivity index (χ1v) is 18.9. The van der Waals surface area contributed by atoms with Gasteiger partial charge in [0.2, 0.25) is 11.8 Å². The molecule has 0 aromatic rings. The van der Waals surface area contributed by atoms with Crippen LogP contribution in [-0.4, -0.2) is 104 Å². The van der Waals surface area contributed by atoms with E-state index in [1.54, 1.807) is 26.2 Å². The summed E-state index contributed by atoms with van der Waals surface area (Å²) in [4.78, 5) is 58.1. The van der Waals surface area contributed by atoms with Crippen LogP contribution in [0, 0.1) is 29.6 Å². The maximum atomic E-state index is 15.3. The molecule has 2 fully saturated rings. The molecule has 2 aliphatic heterocycles. The molecule has 1 aliphatic carbocycles. The Labute approximate surface area is 300 Å². The summed E-state index contributed by atoms with van der Waals surface area (Å²) >= 11 is 0. The second-order valence-electron chi connectivity index (χ2n) is 15.1. The standard InChI is InChI=1S/C40H64FN3O6/c1-9-28(4)37(43(6)39(48)31(27(2)3)24-35(46)40(41)21-22-42-26-40)34(49-7)25-36(47)44-23-15-19-32(44)38(50-8)29(5)33(45)20-14-18-30-16-12-10-11-13-17-30/h10-13,16-17,27-32,34,37-38,42H,9,14-15,18-26H2,1-8H3.